The molecule has 2 N–H and O–H groups in total. The van der Waals surface area contributed by atoms with Gasteiger partial charge in [-0.15, -0.1) is 0 Å². The van der Waals surface area contributed by atoms with Crippen LogP contribution in [-0.2, 0) is 18.4 Å². The van der Waals surface area contributed by atoms with Crippen LogP contribution in [0.5, 0.6) is 0 Å². The van der Waals surface area contributed by atoms with E-state index in [9.17, 15) is 4.79 Å². The van der Waals surface area contributed by atoms with E-state index in [4.69, 9.17) is 0 Å². The lowest BCUT2D eigenvalue weighted by molar-refractivity contribution is -0.120. The molecule has 1 saturated carbocycles. The number of aromatic nitrogens is 2. The van der Waals surface area contributed by atoms with Gasteiger partial charge < -0.3 is 10.6 Å². The van der Waals surface area contributed by atoms with E-state index in [1.807, 2.05) is 19.3 Å². The van der Waals surface area contributed by atoms with Gasteiger partial charge in [-0.3, -0.25) is 9.48 Å². The van der Waals surface area contributed by atoms with E-state index in [0.717, 1.165) is 5.69 Å². The highest BCUT2D eigenvalue weighted by Gasteiger charge is 2.20. The number of aryl methyl sites for hydroxylation is 1. The molecule has 1 aromatic rings. The summed E-state index contributed by atoms with van der Waals surface area (Å²) in [5.41, 5.74) is 0.886. The first-order valence-electron chi connectivity index (χ1n) is 5.22. The average molecular weight is 208 g/mol. The summed E-state index contributed by atoms with van der Waals surface area (Å²) < 4.78 is 1.73. The molecule has 0 radical (unpaired) electrons. The third-order valence-electron chi connectivity index (χ3n) is 2.36. The number of hydrogen-bond donors (Lipinski definition) is 2. The molecule has 0 spiro atoms. The third-order valence-corrected chi connectivity index (χ3v) is 2.36. The Morgan fingerprint density at radius 1 is 1.67 bits per heavy atom. The van der Waals surface area contributed by atoms with Crippen LogP contribution < -0.4 is 10.6 Å². The summed E-state index contributed by atoms with van der Waals surface area (Å²) in [6.45, 7) is 0.920. The van der Waals surface area contributed by atoms with Crippen LogP contribution in [0, 0.1) is 0 Å². The maximum Gasteiger partial charge on any atom is 0.234 e. The fourth-order valence-corrected chi connectivity index (χ4v) is 1.33. The molecule has 82 valence electrons. The van der Waals surface area contributed by atoms with Crippen molar-refractivity contribution < 1.29 is 4.79 Å². The van der Waals surface area contributed by atoms with Crippen LogP contribution in [0.1, 0.15) is 18.5 Å². The molecular weight excluding hydrogens is 192 g/mol. The van der Waals surface area contributed by atoms with E-state index < -0.39 is 0 Å². The van der Waals surface area contributed by atoms with Crippen LogP contribution >= 0.6 is 0 Å². The summed E-state index contributed by atoms with van der Waals surface area (Å²) in [5, 5.41) is 10.2. The van der Waals surface area contributed by atoms with E-state index >= 15 is 0 Å². The zero-order valence-corrected chi connectivity index (χ0v) is 8.86. The fraction of sp³-hybridized carbons (Fsp3) is 0.600. The molecule has 1 aliphatic carbocycles. The topological polar surface area (TPSA) is 59.0 Å². The van der Waals surface area contributed by atoms with Crippen molar-refractivity contribution in [2.24, 2.45) is 7.05 Å². The molecule has 0 atom stereocenters. The Kier molecular flexibility index (Phi) is 3.01. The molecule has 1 aliphatic rings. The quantitative estimate of drug-likeness (QED) is 0.704. The van der Waals surface area contributed by atoms with Crippen molar-refractivity contribution in [3.63, 3.8) is 0 Å². The standard InChI is InChI=1S/C10H16N4O/c1-14-5-4-9(13-14)6-12-10(15)7-11-8-2-3-8/h4-5,8,11H,2-3,6-7H2,1H3,(H,12,15). The number of nitrogens with zero attached hydrogens (tertiary/aromatic N) is 2. The van der Waals surface area contributed by atoms with Gasteiger partial charge in [-0.2, -0.15) is 5.10 Å². The van der Waals surface area contributed by atoms with Crippen molar-refractivity contribution in [3.8, 4) is 0 Å². The van der Waals surface area contributed by atoms with Crippen LogP contribution in [0.25, 0.3) is 0 Å². The molecule has 1 fully saturated rings. The molecule has 0 aromatic carbocycles. The maximum atomic E-state index is 11.3. The molecule has 1 amide bonds. The van der Waals surface area contributed by atoms with E-state index in [0.29, 0.717) is 19.1 Å². The first-order valence-corrected chi connectivity index (χ1v) is 5.22. The van der Waals surface area contributed by atoms with E-state index in [1.54, 1.807) is 4.68 Å². The van der Waals surface area contributed by atoms with Gasteiger partial charge in [0.25, 0.3) is 0 Å². The number of nitrogens with one attached hydrogen (secondary N) is 2. The molecule has 1 aromatic heterocycles. The van der Waals surface area contributed by atoms with Crippen molar-refractivity contribution >= 4 is 5.91 Å². The monoisotopic (exact) mass is 208 g/mol. The largest absolute Gasteiger partial charge is 0.349 e. The van der Waals surface area contributed by atoms with Gasteiger partial charge >= 0.3 is 0 Å². The van der Waals surface area contributed by atoms with Gasteiger partial charge in [0.1, 0.15) is 0 Å². The third kappa shape index (κ3) is 3.36. The first kappa shape index (κ1) is 10.2. The first-order chi connectivity index (χ1) is 7.24. The summed E-state index contributed by atoms with van der Waals surface area (Å²) in [4.78, 5) is 11.3. The Morgan fingerprint density at radius 2 is 2.47 bits per heavy atom. The lowest BCUT2D eigenvalue weighted by Gasteiger charge is -2.03. The van der Waals surface area contributed by atoms with Crippen LogP contribution in [0.4, 0.5) is 0 Å². The van der Waals surface area contributed by atoms with E-state index in [2.05, 4.69) is 15.7 Å². The van der Waals surface area contributed by atoms with Gasteiger partial charge in [0.05, 0.1) is 18.8 Å². The Hall–Kier alpha value is -1.36. The minimum Gasteiger partial charge on any atom is -0.349 e. The summed E-state index contributed by atoms with van der Waals surface area (Å²) in [7, 11) is 1.86. The molecule has 0 aliphatic heterocycles. The van der Waals surface area contributed by atoms with Gasteiger partial charge in [-0.25, -0.2) is 0 Å². The smallest absolute Gasteiger partial charge is 0.234 e. The summed E-state index contributed by atoms with van der Waals surface area (Å²) in [5.74, 6) is 0.0348. The Labute approximate surface area is 88.8 Å². The second-order valence-corrected chi connectivity index (χ2v) is 3.91. The molecule has 2 rings (SSSR count). The second kappa shape index (κ2) is 4.44. The SMILES string of the molecule is Cn1ccc(CNC(=O)CNC2CC2)n1. The summed E-state index contributed by atoms with van der Waals surface area (Å²) >= 11 is 0. The van der Waals surface area contributed by atoms with Crippen molar-refractivity contribution in [2.45, 2.75) is 25.4 Å². The van der Waals surface area contributed by atoms with E-state index in [-0.39, 0.29) is 5.91 Å². The molecular formula is C10H16N4O. The van der Waals surface area contributed by atoms with Gasteiger partial charge in [-0.05, 0) is 18.9 Å². The predicted molar refractivity (Wildman–Crippen MR) is 56.1 cm³/mol. The number of rotatable bonds is 5. The van der Waals surface area contributed by atoms with Gasteiger partial charge in [0.2, 0.25) is 5.91 Å². The zero-order chi connectivity index (χ0) is 10.7. The van der Waals surface area contributed by atoms with Gasteiger partial charge in [0.15, 0.2) is 0 Å². The lowest BCUT2D eigenvalue weighted by atomic mass is 10.4. The average Bonchev–Trinajstić information content (AvgIpc) is 2.95. The number of carbonyl (C=O) groups excluding carboxylic acids is 1. The molecule has 5 nitrogen and oxygen atoms in total. The van der Waals surface area contributed by atoms with Crippen LogP contribution in [0.3, 0.4) is 0 Å². The second-order valence-electron chi connectivity index (χ2n) is 3.91. The molecule has 1 heterocycles. The molecule has 15 heavy (non-hydrogen) atoms. The van der Waals surface area contributed by atoms with Crippen LogP contribution in [0.15, 0.2) is 12.3 Å². The highest BCUT2D eigenvalue weighted by molar-refractivity contribution is 5.77. The van der Waals surface area contributed by atoms with Crippen LogP contribution in [0.2, 0.25) is 0 Å². The zero-order valence-electron chi connectivity index (χ0n) is 8.86. The molecule has 0 unspecified atom stereocenters. The van der Waals surface area contributed by atoms with Crippen molar-refractivity contribution in [2.75, 3.05) is 6.54 Å². The predicted octanol–water partition coefficient (Wildman–Crippen LogP) is -0.212. The number of carbonyl (C=O) groups is 1. The number of amides is 1. The minimum absolute atomic E-state index is 0.0348. The fourth-order valence-electron chi connectivity index (χ4n) is 1.33. The Bertz CT molecular complexity index is 343. The molecule has 0 bridgehead atoms. The lowest BCUT2D eigenvalue weighted by Crippen LogP contribution is -2.34. The minimum atomic E-state index is 0.0348. The Balaban J connectivity index is 1.65. The van der Waals surface area contributed by atoms with Crippen molar-refractivity contribution in [1.82, 2.24) is 20.4 Å². The van der Waals surface area contributed by atoms with Gasteiger partial charge in [0, 0.05) is 19.3 Å². The van der Waals surface area contributed by atoms with Gasteiger partial charge in [-0.1, -0.05) is 0 Å². The van der Waals surface area contributed by atoms with Crippen LogP contribution in [-0.4, -0.2) is 28.3 Å². The highest BCUT2D eigenvalue weighted by Crippen LogP contribution is 2.17. The normalized spacial score (nSPS) is 15.3. The Morgan fingerprint density at radius 3 is 3.07 bits per heavy atom. The summed E-state index contributed by atoms with van der Waals surface area (Å²) in [6, 6.07) is 2.47. The number of hydrogen-bond acceptors (Lipinski definition) is 3. The maximum absolute atomic E-state index is 11.3. The van der Waals surface area contributed by atoms with E-state index in [1.165, 1.54) is 12.8 Å². The van der Waals surface area contributed by atoms with Crippen molar-refractivity contribution in [1.29, 1.82) is 0 Å². The summed E-state index contributed by atoms with van der Waals surface area (Å²) in [6.07, 6.45) is 4.27. The molecule has 5 heteroatoms. The highest BCUT2D eigenvalue weighted by atomic mass is 16.1. The molecule has 0 saturated heterocycles. The van der Waals surface area contributed by atoms with Crippen molar-refractivity contribution in [3.05, 3.63) is 18.0 Å².